The second-order valence-corrected chi connectivity index (χ2v) is 5.49. The predicted octanol–water partition coefficient (Wildman–Crippen LogP) is 2.50. The van der Waals surface area contributed by atoms with Crippen molar-refractivity contribution >= 4 is 21.9 Å². The molecule has 0 bridgehead atoms. The molecule has 0 aromatic heterocycles. The van der Waals surface area contributed by atoms with E-state index in [9.17, 15) is 4.79 Å². The van der Waals surface area contributed by atoms with Gasteiger partial charge >= 0.3 is 5.97 Å². The lowest BCUT2D eigenvalue weighted by atomic mass is 10.1. The lowest BCUT2D eigenvalue weighted by molar-refractivity contribution is -0.145. The van der Waals surface area contributed by atoms with Crippen LogP contribution in [0.3, 0.4) is 0 Å². The van der Waals surface area contributed by atoms with Gasteiger partial charge in [0.1, 0.15) is 6.10 Å². The Hall–Kier alpha value is -0.0500. The molecule has 0 aliphatic carbocycles. The number of hydrogen-bond donors (Lipinski definition) is 0. The number of rotatable bonds is 3. The van der Waals surface area contributed by atoms with Crippen molar-refractivity contribution in [2.24, 2.45) is 0 Å². The Balaban J connectivity index is 3.69. The van der Waals surface area contributed by atoms with Gasteiger partial charge in [-0.1, -0.05) is 15.9 Å². The maximum atomic E-state index is 10.5. The molecule has 2 nitrogen and oxygen atoms in total. The minimum Gasteiger partial charge on any atom is -0.463 e. The van der Waals surface area contributed by atoms with Crippen LogP contribution in [0.25, 0.3) is 0 Å². The molecule has 0 saturated heterocycles. The molecule has 0 heterocycles. The largest absolute Gasteiger partial charge is 0.463 e. The summed E-state index contributed by atoms with van der Waals surface area (Å²) < 4.78 is 5.00. The molecule has 0 rings (SSSR count). The van der Waals surface area contributed by atoms with E-state index < -0.39 is 0 Å². The zero-order valence-corrected chi connectivity index (χ0v) is 9.06. The van der Waals surface area contributed by atoms with Crippen LogP contribution in [0, 0.1) is 0 Å². The Kier molecular flexibility index (Phi) is 4.08. The van der Waals surface area contributed by atoms with Crippen molar-refractivity contribution in [2.75, 3.05) is 0 Å². The molecule has 66 valence electrons. The average Bonchev–Trinajstić information content (AvgIpc) is 1.53. The van der Waals surface area contributed by atoms with Gasteiger partial charge in [-0.15, -0.1) is 0 Å². The van der Waals surface area contributed by atoms with E-state index in [1.165, 1.54) is 6.92 Å². The summed E-state index contributed by atoms with van der Waals surface area (Å²) in [6, 6.07) is 0. The van der Waals surface area contributed by atoms with Gasteiger partial charge in [-0.3, -0.25) is 4.79 Å². The van der Waals surface area contributed by atoms with Crippen LogP contribution in [-0.4, -0.2) is 16.4 Å². The van der Waals surface area contributed by atoms with Gasteiger partial charge in [0.25, 0.3) is 0 Å². The van der Waals surface area contributed by atoms with Gasteiger partial charge in [0.05, 0.1) is 0 Å². The second kappa shape index (κ2) is 4.10. The maximum Gasteiger partial charge on any atom is 0.302 e. The monoisotopic (exact) mass is 222 g/mol. The Morgan fingerprint density at radius 2 is 2.09 bits per heavy atom. The van der Waals surface area contributed by atoms with Gasteiger partial charge in [-0.2, -0.15) is 0 Å². The third-order valence-electron chi connectivity index (χ3n) is 1.14. The number of carbonyl (C=O) groups is 1. The van der Waals surface area contributed by atoms with Gasteiger partial charge < -0.3 is 4.74 Å². The van der Waals surface area contributed by atoms with Crippen molar-refractivity contribution in [2.45, 2.75) is 44.5 Å². The number of ether oxygens (including phenoxy) is 1. The van der Waals surface area contributed by atoms with E-state index in [2.05, 4.69) is 15.9 Å². The quantitative estimate of drug-likeness (QED) is 0.542. The molecule has 0 aromatic carbocycles. The summed E-state index contributed by atoms with van der Waals surface area (Å²) >= 11 is 3.48. The fourth-order valence-corrected chi connectivity index (χ4v) is 1.46. The zero-order valence-electron chi connectivity index (χ0n) is 7.48. The predicted molar refractivity (Wildman–Crippen MR) is 48.9 cm³/mol. The lowest BCUT2D eigenvalue weighted by Crippen LogP contribution is -2.22. The first-order valence-electron chi connectivity index (χ1n) is 3.67. The van der Waals surface area contributed by atoms with Crippen LogP contribution in [0.1, 0.15) is 34.1 Å². The van der Waals surface area contributed by atoms with Crippen molar-refractivity contribution in [3.63, 3.8) is 0 Å². The van der Waals surface area contributed by atoms with Crippen LogP contribution < -0.4 is 0 Å². The summed E-state index contributed by atoms with van der Waals surface area (Å²) in [5.74, 6) is -0.214. The Labute approximate surface area is 76.4 Å². The van der Waals surface area contributed by atoms with Crippen LogP contribution in [0.2, 0.25) is 0 Å². The van der Waals surface area contributed by atoms with Crippen molar-refractivity contribution in [3.05, 3.63) is 0 Å². The van der Waals surface area contributed by atoms with Gasteiger partial charge in [-0.25, -0.2) is 0 Å². The fraction of sp³-hybridized carbons (Fsp3) is 0.875. The molecule has 0 aliphatic rings. The third kappa shape index (κ3) is 7.85. The van der Waals surface area contributed by atoms with E-state index in [0.717, 1.165) is 6.42 Å². The van der Waals surface area contributed by atoms with Crippen molar-refractivity contribution in [1.29, 1.82) is 0 Å². The third-order valence-corrected chi connectivity index (χ3v) is 1.46. The first-order valence-corrected chi connectivity index (χ1v) is 4.47. The number of halogens is 1. The maximum absolute atomic E-state index is 10.5. The standard InChI is InChI=1S/C8H15BrO2/c1-6(11-7(2)10)5-8(3,4)9/h6H,5H2,1-4H3. The van der Waals surface area contributed by atoms with Crippen molar-refractivity contribution < 1.29 is 9.53 Å². The molecule has 11 heavy (non-hydrogen) atoms. The molecule has 0 aromatic rings. The first kappa shape index (κ1) is 11.0. The summed E-state index contributed by atoms with van der Waals surface area (Å²) in [6.45, 7) is 7.42. The van der Waals surface area contributed by atoms with Gasteiger partial charge in [0, 0.05) is 11.2 Å². The minimum atomic E-state index is -0.214. The molecule has 0 spiro atoms. The van der Waals surface area contributed by atoms with E-state index in [1.807, 2.05) is 20.8 Å². The van der Waals surface area contributed by atoms with E-state index in [0.29, 0.717) is 0 Å². The lowest BCUT2D eigenvalue weighted by Gasteiger charge is -2.20. The number of esters is 1. The Morgan fingerprint density at radius 3 is 2.36 bits per heavy atom. The van der Waals surface area contributed by atoms with E-state index in [4.69, 9.17) is 4.74 Å². The average molecular weight is 223 g/mol. The topological polar surface area (TPSA) is 26.3 Å². The van der Waals surface area contributed by atoms with Gasteiger partial charge in [-0.05, 0) is 27.2 Å². The summed E-state index contributed by atoms with van der Waals surface area (Å²) in [7, 11) is 0. The highest BCUT2D eigenvalue weighted by Gasteiger charge is 2.18. The summed E-state index contributed by atoms with van der Waals surface area (Å²) in [5.41, 5.74) is 0. The van der Waals surface area contributed by atoms with Crippen LogP contribution >= 0.6 is 15.9 Å². The SMILES string of the molecule is CC(=O)OC(C)CC(C)(C)Br. The van der Waals surface area contributed by atoms with E-state index >= 15 is 0 Å². The number of carbonyl (C=O) groups excluding carboxylic acids is 1. The minimum absolute atomic E-state index is 0.0122. The summed E-state index contributed by atoms with van der Waals surface area (Å²) in [4.78, 5) is 10.5. The first-order chi connectivity index (χ1) is 4.81. The Bertz CT molecular complexity index is 138. The Morgan fingerprint density at radius 1 is 1.64 bits per heavy atom. The van der Waals surface area contributed by atoms with E-state index in [1.54, 1.807) is 0 Å². The molecular weight excluding hydrogens is 208 g/mol. The molecule has 0 saturated carbocycles. The zero-order chi connectivity index (χ0) is 9.07. The highest BCUT2D eigenvalue weighted by molar-refractivity contribution is 9.10. The normalized spacial score (nSPS) is 14.3. The molecule has 1 unspecified atom stereocenters. The molecule has 0 fully saturated rings. The highest BCUT2D eigenvalue weighted by atomic mass is 79.9. The van der Waals surface area contributed by atoms with Crippen molar-refractivity contribution in [1.82, 2.24) is 0 Å². The molecular formula is C8H15BrO2. The smallest absolute Gasteiger partial charge is 0.302 e. The van der Waals surface area contributed by atoms with Crippen LogP contribution in [0.15, 0.2) is 0 Å². The number of hydrogen-bond acceptors (Lipinski definition) is 2. The van der Waals surface area contributed by atoms with Gasteiger partial charge in [0.15, 0.2) is 0 Å². The summed E-state index contributed by atoms with van der Waals surface area (Å²) in [5, 5.41) is 0. The van der Waals surface area contributed by atoms with E-state index in [-0.39, 0.29) is 16.4 Å². The highest BCUT2D eigenvalue weighted by Crippen LogP contribution is 2.23. The van der Waals surface area contributed by atoms with Gasteiger partial charge in [0.2, 0.25) is 0 Å². The number of alkyl halides is 1. The molecule has 0 radical (unpaired) electrons. The van der Waals surface area contributed by atoms with Crippen LogP contribution in [0.5, 0.6) is 0 Å². The molecule has 0 N–H and O–H groups in total. The molecule has 0 amide bonds. The molecule has 0 aliphatic heterocycles. The van der Waals surface area contributed by atoms with Crippen LogP contribution in [0.4, 0.5) is 0 Å². The fourth-order valence-electron chi connectivity index (χ4n) is 1.01. The molecule has 3 heteroatoms. The summed E-state index contributed by atoms with van der Waals surface area (Å²) in [6.07, 6.45) is 0.814. The van der Waals surface area contributed by atoms with Crippen molar-refractivity contribution in [3.8, 4) is 0 Å². The van der Waals surface area contributed by atoms with Crippen LogP contribution in [-0.2, 0) is 9.53 Å². The second-order valence-electron chi connectivity index (χ2n) is 3.34. The molecule has 1 atom stereocenters.